The summed E-state index contributed by atoms with van der Waals surface area (Å²) in [7, 11) is 0. The zero-order chi connectivity index (χ0) is 21.8. The fourth-order valence-electron chi connectivity index (χ4n) is 4.57. The Bertz CT molecular complexity index is 858. The first-order valence-electron chi connectivity index (χ1n) is 11.0. The van der Waals surface area contributed by atoms with Crippen molar-refractivity contribution in [2.75, 3.05) is 31.1 Å². The highest BCUT2D eigenvalue weighted by Crippen LogP contribution is 2.26. The maximum Gasteiger partial charge on any atom is 0.407 e. The largest absolute Gasteiger partial charge is 0.444 e. The second-order valence-electron chi connectivity index (χ2n) is 8.52. The minimum atomic E-state index is -0.485. The summed E-state index contributed by atoms with van der Waals surface area (Å²) in [5.74, 6) is 0. The molecule has 170 valence electrons. The molecule has 4 rings (SSSR count). The van der Waals surface area contributed by atoms with Gasteiger partial charge in [-0.3, -0.25) is 4.79 Å². The van der Waals surface area contributed by atoms with Gasteiger partial charge < -0.3 is 25.2 Å². The van der Waals surface area contributed by atoms with Gasteiger partial charge in [-0.25, -0.2) is 14.7 Å². The van der Waals surface area contributed by atoms with E-state index in [1.54, 1.807) is 4.90 Å². The summed E-state index contributed by atoms with van der Waals surface area (Å²) in [5.41, 5.74) is 0.0897. The highest BCUT2D eigenvalue weighted by Gasteiger charge is 2.31. The molecule has 0 unspecified atom stereocenters. The van der Waals surface area contributed by atoms with Gasteiger partial charge in [-0.05, 0) is 19.3 Å². The van der Waals surface area contributed by atoms with E-state index >= 15 is 0 Å². The first-order valence-corrected chi connectivity index (χ1v) is 11.4. The molecule has 3 amide bonds. The van der Waals surface area contributed by atoms with Gasteiger partial charge in [0.1, 0.15) is 11.1 Å². The van der Waals surface area contributed by atoms with Gasteiger partial charge in [0.05, 0.1) is 24.5 Å². The van der Waals surface area contributed by atoms with Crippen LogP contribution in [-0.4, -0.2) is 71.6 Å². The Balaban J connectivity index is 1.20. The van der Waals surface area contributed by atoms with E-state index < -0.39 is 11.7 Å². The van der Waals surface area contributed by atoms with Crippen LogP contribution in [0.4, 0.5) is 15.3 Å². The molecule has 3 N–H and O–H groups in total. The number of aromatic amines is 1. The first kappa shape index (κ1) is 21.7. The van der Waals surface area contributed by atoms with Crippen molar-refractivity contribution >= 4 is 29.4 Å². The molecule has 31 heavy (non-hydrogen) atoms. The number of hydrogen-bond donors (Lipinski definition) is 3. The Hall–Kier alpha value is -2.49. The van der Waals surface area contributed by atoms with Crippen LogP contribution in [0.1, 0.15) is 44.9 Å². The molecular weight excluding hydrogens is 424 g/mol. The fraction of sp³-hybridized carbons (Fsp3) is 0.700. The number of hydrogen-bond acceptors (Lipinski definition) is 6. The van der Waals surface area contributed by atoms with E-state index in [1.807, 2.05) is 4.90 Å². The summed E-state index contributed by atoms with van der Waals surface area (Å²) in [6.07, 6.45) is 7.73. The number of amides is 3. The Morgan fingerprint density at radius 1 is 1.06 bits per heavy atom. The van der Waals surface area contributed by atoms with Crippen LogP contribution in [0.2, 0.25) is 5.02 Å². The van der Waals surface area contributed by atoms with E-state index in [0.29, 0.717) is 44.7 Å². The normalized spacial score (nSPS) is 24.3. The van der Waals surface area contributed by atoms with Crippen LogP contribution in [-0.2, 0) is 4.74 Å². The zero-order valence-corrected chi connectivity index (χ0v) is 18.2. The van der Waals surface area contributed by atoms with Crippen LogP contribution in [0.3, 0.4) is 0 Å². The summed E-state index contributed by atoms with van der Waals surface area (Å²) in [4.78, 5) is 40.1. The Kier molecular flexibility index (Phi) is 6.84. The second kappa shape index (κ2) is 9.76. The predicted molar refractivity (Wildman–Crippen MR) is 115 cm³/mol. The van der Waals surface area contributed by atoms with Gasteiger partial charge in [0, 0.05) is 32.1 Å². The number of rotatable bonds is 4. The molecule has 2 aliphatic heterocycles. The Labute approximate surface area is 185 Å². The average molecular weight is 453 g/mol. The number of H-pyrrole nitrogens is 1. The number of ether oxygens (including phenoxy) is 1. The quantitative estimate of drug-likeness (QED) is 0.641. The van der Waals surface area contributed by atoms with Gasteiger partial charge in [0.25, 0.3) is 5.56 Å². The van der Waals surface area contributed by atoms with Crippen molar-refractivity contribution in [2.45, 2.75) is 63.1 Å². The van der Waals surface area contributed by atoms with E-state index in [-0.39, 0.29) is 29.2 Å². The van der Waals surface area contributed by atoms with E-state index in [9.17, 15) is 14.4 Å². The third-order valence-electron chi connectivity index (χ3n) is 6.27. The standard InChI is InChI=1S/C20H29ClN6O4/c21-17-16(10-22-25-18(17)28)26-9-7-15(12-26)31-20(30)24-14-6-8-27(11-14)19(29)23-13-4-2-1-3-5-13/h10,13-15H,1-9,11-12H2,(H,23,29)(H,24,30)(H,25,28)/t14-,15-/m1/s1. The van der Waals surface area contributed by atoms with Gasteiger partial charge in [0.2, 0.25) is 0 Å². The number of nitrogens with one attached hydrogen (secondary N) is 3. The first-order chi connectivity index (χ1) is 15.0. The zero-order valence-electron chi connectivity index (χ0n) is 17.4. The van der Waals surface area contributed by atoms with Gasteiger partial charge in [-0.2, -0.15) is 5.10 Å². The third-order valence-corrected chi connectivity index (χ3v) is 6.63. The maximum atomic E-state index is 12.5. The molecule has 0 bridgehead atoms. The lowest BCUT2D eigenvalue weighted by Gasteiger charge is -2.26. The highest BCUT2D eigenvalue weighted by atomic mass is 35.5. The third kappa shape index (κ3) is 5.41. The lowest BCUT2D eigenvalue weighted by Crippen LogP contribution is -2.46. The topological polar surface area (TPSA) is 120 Å². The van der Waals surface area contributed by atoms with Crippen LogP contribution in [0.15, 0.2) is 11.0 Å². The van der Waals surface area contributed by atoms with E-state index in [2.05, 4.69) is 20.8 Å². The average Bonchev–Trinajstić information content (AvgIpc) is 3.40. The fourth-order valence-corrected chi connectivity index (χ4v) is 4.78. The number of anilines is 1. The number of aromatic nitrogens is 2. The lowest BCUT2D eigenvalue weighted by molar-refractivity contribution is 0.105. The Morgan fingerprint density at radius 3 is 2.68 bits per heavy atom. The number of nitrogens with zero attached hydrogens (tertiary/aromatic N) is 3. The summed E-state index contributed by atoms with van der Waals surface area (Å²) in [6, 6.07) is 0.111. The summed E-state index contributed by atoms with van der Waals surface area (Å²) in [5, 5.41) is 12.1. The highest BCUT2D eigenvalue weighted by molar-refractivity contribution is 6.33. The second-order valence-corrected chi connectivity index (χ2v) is 8.90. The van der Waals surface area contributed by atoms with Crippen LogP contribution >= 0.6 is 11.6 Å². The molecule has 0 aromatic carbocycles. The minimum absolute atomic E-state index is 0.0423. The van der Waals surface area contributed by atoms with Crippen LogP contribution in [0.25, 0.3) is 0 Å². The molecule has 3 heterocycles. The Morgan fingerprint density at radius 2 is 1.87 bits per heavy atom. The van der Waals surface area contributed by atoms with Gasteiger partial charge in [0.15, 0.2) is 0 Å². The molecule has 3 aliphatic rings. The molecule has 1 aliphatic carbocycles. The maximum absolute atomic E-state index is 12.5. The summed E-state index contributed by atoms with van der Waals surface area (Å²) in [6.45, 7) is 2.16. The van der Waals surface area contributed by atoms with Crippen molar-refractivity contribution in [1.82, 2.24) is 25.7 Å². The number of alkyl carbamates (subject to hydrolysis) is 1. The van der Waals surface area contributed by atoms with Crippen molar-refractivity contribution in [2.24, 2.45) is 0 Å². The summed E-state index contributed by atoms with van der Waals surface area (Å²) >= 11 is 6.06. The number of likely N-dealkylation sites (tertiary alicyclic amines) is 1. The van der Waals surface area contributed by atoms with Crippen LogP contribution in [0, 0.1) is 0 Å². The van der Waals surface area contributed by atoms with Crippen molar-refractivity contribution in [3.63, 3.8) is 0 Å². The lowest BCUT2D eigenvalue weighted by atomic mass is 9.96. The van der Waals surface area contributed by atoms with Crippen molar-refractivity contribution < 1.29 is 14.3 Å². The van der Waals surface area contributed by atoms with Gasteiger partial charge >= 0.3 is 12.1 Å². The molecule has 0 spiro atoms. The van der Waals surface area contributed by atoms with Gasteiger partial charge in [-0.1, -0.05) is 30.9 Å². The molecule has 11 heteroatoms. The molecule has 1 aromatic rings. The van der Waals surface area contributed by atoms with E-state index in [1.165, 1.54) is 25.5 Å². The van der Waals surface area contributed by atoms with Crippen LogP contribution in [0.5, 0.6) is 0 Å². The van der Waals surface area contributed by atoms with Crippen LogP contribution < -0.4 is 21.1 Å². The molecule has 3 fully saturated rings. The number of carbonyl (C=O) groups excluding carboxylic acids is 2. The molecule has 2 atom stereocenters. The van der Waals surface area contributed by atoms with E-state index in [0.717, 1.165) is 12.8 Å². The molecule has 0 radical (unpaired) electrons. The molecule has 2 saturated heterocycles. The molecule has 1 aromatic heterocycles. The monoisotopic (exact) mass is 452 g/mol. The summed E-state index contributed by atoms with van der Waals surface area (Å²) < 4.78 is 5.55. The molecule has 10 nitrogen and oxygen atoms in total. The molecule has 1 saturated carbocycles. The predicted octanol–water partition coefficient (Wildman–Crippen LogP) is 1.84. The van der Waals surface area contributed by atoms with Gasteiger partial charge in [-0.15, -0.1) is 0 Å². The minimum Gasteiger partial charge on any atom is -0.444 e. The smallest absolute Gasteiger partial charge is 0.407 e. The number of halogens is 1. The van der Waals surface area contributed by atoms with E-state index in [4.69, 9.17) is 16.3 Å². The van der Waals surface area contributed by atoms with Crippen molar-refractivity contribution in [3.8, 4) is 0 Å². The molecular formula is C20H29ClN6O4. The SMILES string of the molecule is O=C(N[C@@H]1CCN(C(=O)NC2CCCCC2)C1)O[C@@H]1CCN(c2cn[nH]c(=O)c2Cl)C1. The number of carbonyl (C=O) groups is 2. The van der Waals surface area contributed by atoms with Crippen molar-refractivity contribution in [3.05, 3.63) is 21.6 Å². The van der Waals surface area contributed by atoms with Crippen molar-refractivity contribution in [1.29, 1.82) is 0 Å². The number of urea groups is 1.